The Morgan fingerprint density at radius 1 is 1.09 bits per heavy atom. The average molecular weight is 470 g/mol. The predicted molar refractivity (Wildman–Crippen MR) is 131 cm³/mol. The van der Waals surface area contributed by atoms with Gasteiger partial charge in [-0.3, -0.25) is 9.59 Å². The molecule has 178 valence electrons. The first kappa shape index (κ1) is 23.8. The summed E-state index contributed by atoms with van der Waals surface area (Å²) in [4.78, 5) is 29.5. The van der Waals surface area contributed by atoms with E-state index in [4.69, 9.17) is 0 Å². The molecule has 1 saturated heterocycles. The highest BCUT2D eigenvalue weighted by Gasteiger charge is 2.34. The first-order valence-electron chi connectivity index (χ1n) is 12.3. The van der Waals surface area contributed by atoms with Crippen LogP contribution in [-0.2, 0) is 16.1 Å². The van der Waals surface area contributed by atoms with E-state index in [1.54, 1.807) is 11.8 Å². The van der Waals surface area contributed by atoms with Gasteiger partial charge in [0.1, 0.15) is 0 Å². The van der Waals surface area contributed by atoms with Gasteiger partial charge >= 0.3 is 0 Å². The van der Waals surface area contributed by atoms with Gasteiger partial charge in [0, 0.05) is 55.9 Å². The molecule has 0 radical (unpaired) electrons. The highest BCUT2D eigenvalue weighted by atomic mass is 32.2. The molecule has 1 aliphatic heterocycles. The van der Waals surface area contributed by atoms with E-state index in [-0.39, 0.29) is 17.9 Å². The Bertz CT molecular complexity index is 942. The Morgan fingerprint density at radius 3 is 2.55 bits per heavy atom. The molecular weight excluding hydrogens is 434 g/mol. The van der Waals surface area contributed by atoms with E-state index in [0.29, 0.717) is 32.0 Å². The second-order valence-electron chi connectivity index (χ2n) is 9.07. The molecular formula is C25H35N5O2S. The summed E-state index contributed by atoms with van der Waals surface area (Å²) in [6.07, 6.45) is 5.73. The van der Waals surface area contributed by atoms with Gasteiger partial charge in [0.05, 0.1) is 0 Å². The average Bonchev–Trinajstić information content (AvgIpc) is 3.52. The Hall–Kier alpha value is -2.35. The predicted octanol–water partition coefficient (Wildman–Crippen LogP) is 4.09. The molecule has 1 aromatic heterocycles. The van der Waals surface area contributed by atoms with Crippen molar-refractivity contribution in [2.45, 2.75) is 70.1 Å². The van der Waals surface area contributed by atoms with Gasteiger partial charge in [-0.25, -0.2) is 0 Å². The Labute approximate surface area is 200 Å². The summed E-state index contributed by atoms with van der Waals surface area (Å²) < 4.78 is 2.13. The topological polar surface area (TPSA) is 71.3 Å². The van der Waals surface area contributed by atoms with Gasteiger partial charge in [-0.1, -0.05) is 54.9 Å². The number of hydrogen-bond donors (Lipinski definition) is 0. The van der Waals surface area contributed by atoms with Crippen LogP contribution in [0.1, 0.15) is 52.4 Å². The van der Waals surface area contributed by atoms with Crippen molar-refractivity contribution in [1.29, 1.82) is 0 Å². The van der Waals surface area contributed by atoms with Crippen LogP contribution in [0, 0.1) is 5.92 Å². The van der Waals surface area contributed by atoms with E-state index in [2.05, 4.69) is 28.6 Å². The van der Waals surface area contributed by atoms with Gasteiger partial charge in [-0.15, -0.1) is 10.2 Å². The Balaban J connectivity index is 1.23. The van der Waals surface area contributed by atoms with Crippen molar-refractivity contribution in [2.75, 3.05) is 25.4 Å². The first-order valence-corrected chi connectivity index (χ1v) is 13.3. The molecule has 2 aliphatic rings. The molecule has 1 aliphatic carbocycles. The third-order valence-electron chi connectivity index (χ3n) is 6.80. The maximum absolute atomic E-state index is 12.8. The summed E-state index contributed by atoms with van der Waals surface area (Å²) in [7, 11) is 0. The van der Waals surface area contributed by atoms with Crippen molar-refractivity contribution < 1.29 is 9.59 Å². The third kappa shape index (κ3) is 5.60. The molecule has 2 fully saturated rings. The lowest BCUT2D eigenvalue weighted by Crippen LogP contribution is -2.56. The van der Waals surface area contributed by atoms with Gasteiger partial charge in [-0.05, 0) is 33.1 Å². The number of piperazine rings is 1. The molecule has 1 aromatic carbocycles. The SMILES string of the molecule is CCn1c(SCCCC(=O)N2CCN(C(=O)C3CCCC3)C(C)C2)nnc1-c1ccccc1. The molecule has 1 atom stereocenters. The second kappa shape index (κ2) is 11.2. The monoisotopic (exact) mass is 469 g/mol. The minimum Gasteiger partial charge on any atom is -0.339 e. The minimum absolute atomic E-state index is 0.102. The van der Waals surface area contributed by atoms with Crippen LogP contribution in [0.5, 0.6) is 0 Å². The van der Waals surface area contributed by atoms with Crippen molar-refractivity contribution in [3.8, 4) is 11.4 Å². The van der Waals surface area contributed by atoms with Crippen LogP contribution in [0.3, 0.4) is 0 Å². The maximum atomic E-state index is 12.8. The number of aromatic nitrogens is 3. The standard InChI is InChI=1S/C25H35N5O2S/c1-3-29-23(20-10-5-4-6-11-20)26-27-25(29)33-17-9-14-22(31)28-15-16-30(19(2)18-28)24(32)21-12-7-8-13-21/h4-6,10-11,19,21H,3,7-9,12-18H2,1-2H3. The summed E-state index contributed by atoms with van der Waals surface area (Å²) in [6, 6.07) is 10.2. The van der Waals surface area contributed by atoms with E-state index < -0.39 is 0 Å². The summed E-state index contributed by atoms with van der Waals surface area (Å²) in [6.45, 7) is 6.94. The van der Waals surface area contributed by atoms with Gasteiger partial charge in [-0.2, -0.15) is 0 Å². The molecule has 1 saturated carbocycles. The molecule has 8 heteroatoms. The first-order chi connectivity index (χ1) is 16.1. The molecule has 0 N–H and O–H groups in total. The van der Waals surface area contributed by atoms with Crippen molar-refractivity contribution >= 4 is 23.6 Å². The van der Waals surface area contributed by atoms with E-state index in [1.807, 2.05) is 40.1 Å². The zero-order valence-corrected chi connectivity index (χ0v) is 20.6. The van der Waals surface area contributed by atoms with Crippen molar-refractivity contribution in [3.63, 3.8) is 0 Å². The van der Waals surface area contributed by atoms with Crippen LogP contribution in [-0.4, -0.2) is 67.8 Å². The summed E-state index contributed by atoms with van der Waals surface area (Å²) in [5, 5.41) is 9.67. The van der Waals surface area contributed by atoms with Crippen LogP contribution >= 0.6 is 11.8 Å². The number of thioether (sulfide) groups is 1. The van der Waals surface area contributed by atoms with Gasteiger partial charge in [0.25, 0.3) is 0 Å². The Morgan fingerprint density at radius 2 is 1.85 bits per heavy atom. The Kier molecular flexibility index (Phi) is 8.06. The smallest absolute Gasteiger partial charge is 0.226 e. The fourth-order valence-corrected chi connectivity index (χ4v) is 5.89. The number of hydrogen-bond acceptors (Lipinski definition) is 5. The number of benzene rings is 1. The fraction of sp³-hybridized carbons (Fsp3) is 0.600. The maximum Gasteiger partial charge on any atom is 0.226 e. The second-order valence-corrected chi connectivity index (χ2v) is 10.1. The molecule has 2 heterocycles. The lowest BCUT2D eigenvalue weighted by molar-refractivity contribution is -0.145. The highest BCUT2D eigenvalue weighted by molar-refractivity contribution is 7.99. The van der Waals surface area contributed by atoms with Crippen molar-refractivity contribution in [1.82, 2.24) is 24.6 Å². The van der Waals surface area contributed by atoms with E-state index >= 15 is 0 Å². The summed E-state index contributed by atoms with van der Waals surface area (Å²) in [5.41, 5.74) is 1.06. The minimum atomic E-state index is 0.102. The molecule has 33 heavy (non-hydrogen) atoms. The third-order valence-corrected chi connectivity index (χ3v) is 7.85. The molecule has 2 aromatic rings. The van der Waals surface area contributed by atoms with Crippen molar-refractivity contribution in [3.05, 3.63) is 30.3 Å². The molecule has 1 unspecified atom stereocenters. The quantitative estimate of drug-likeness (QED) is 0.430. The molecule has 4 rings (SSSR count). The number of amides is 2. The summed E-state index contributed by atoms with van der Waals surface area (Å²) >= 11 is 1.66. The summed E-state index contributed by atoms with van der Waals surface area (Å²) in [5.74, 6) is 2.42. The van der Waals surface area contributed by atoms with Gasteiger partial charge in [0.15, 0.2) is 11.0 Å². The van der Waals surface area contributed by atoms with E-state index in [0.717, 1.165) is 48.1 Å². The zero-order valence-electron chi connectivity index (χ0n) is 19.8. The lowest BCUT2D eigenvalue weighted by atomic mass is 10.0. The van der Waals surface area contributed by atoms with Crippen LogP contribution in [0.4, 0.5) is 0 Å². The van der Waals surface area contributed by atoms with Crippen LogP contribution in [0.2, 0.25) is 0 Å². The van der Waals surface area contributed by atoms with Crippen LogP contribution in [0.15, 0.2) is 35.5 Å². The van der Waals surface area contributed by atoms with E-state index in [1.165, 1.54) is 12.8 Å². The van der Waals surface area contributed by atoms with E-state index in [9.17, 15) is 9.59 Å². The normalized spacial score (nSPS) is 19.3. The fourth-order valence-electron chi connectivity index (χ4n) is 4.95. The lowest BCUT2D eigenvalue weighted by Gasteiger charge is -2.41. The van der Waals surface area contributed by atoms with Crippen LogP contribution in [0.25, 0.3) is 11.4 Å². The molecule has 0 bridgehead atoms. The largest absolute Gasteiger partial charge is 0.339 e. The number of carbonyl (C=O) groups excluding carboxylic acids is 2. The van der Waals surface area contributed by atoms with Gasteiger partial charge < -0.3 is 14.4 Å². The highest BCUT2D eigenvalue weighted by Crippen LogP contribution is 2.28. The molecule has 2 amide bonds. The number of rotatable bonds is 8. The van der Waals surface area contributed by atoms with Gasteiger partial charge in [0.2, 0.25) is 11.8 Å². The molecule has 0 spiro atoms. The zero-order chi connectivity index (χ0) is 23.2. The molecule has 7 nitrogen and oxygen atoms in total. The van der Waals surface area contributed by atoms with Crippen LogP contribution < -0.4 is 0 Å². The number of carbonyl (C=O) groups is 2. The van der Waals surface area contributed by atoms with Crippen molar-refractivity contribution in [2.24, 2.45) is 5.92 Å². The number of nitrogens with zero attached hydrogens (tertiary/aromatic N) is 5.